The third-order valence-electron chi connectivity index (χ3n) is 5.01. The molecule has 222 valence electrons. The van der Waals surface area contributed by atoms with Crippen LogP contribution >= 0.6 is 15.2 Å². The number of benzene rings is 1. The van der Waals surface area contributed by atoms with E-state index in [0.29, 0.717) is 49.8 Å². The fraction of sp³-hybridized carbons (Fsp3) is 0.429. The zero-order valence-electron chi connectivity index (χ0n) is 23.3. The Morgan fingerprint density at radius 2 is 1.22 bits per heavy atom. The predicted molar refractivity (Wildman–Crippen MR) is 152 cm³/mol. The summed E-state index contributed by atoms with van der Waals surface area (Å²) in [6, 6.07) is 6.30. The Labute approximate surface area is 240 Å². The maximum atomic E-state index is 12.9. The van der Waals surface area contributed by atoms with Crippen LogP contribution in [-0.4, -0.2) is 44.3 Å². The molecule has 0 aliphatic rings. The summed E-state index contributed by atoms with van der Waals surface area (Å²) in [7, 11) is -6.96. The second-order valence-corrected chi connectivity index (χ2v) is 12.6. The van der Waals surface area contributed by atoms with Gasteiger partial charge in [0.05, 0.1) is 26.9 Å². The summed E-state index contributed by atoms with van der Waals surface area (Å²) in [5.74, 6) is 1.24. The number of ether oxygens (including phenoxy) is 1. The van der Waals surface area contributed by atoms with Crippen LogP contribution in [0.4, 0.5) is 0 Å². The third kappa shape index (κ3) is 15.6. The molecule has 0 radical (unpaired) electrons. The molecule has 0 saturated heterocycles. The average Bonchev–Trinajstić information content (AvgIpc) is 2.88. The fourth-order valence-corrected chi connectivity index (χ4v) is 5.01. The molecular formula is C28H34O11P2. The van der Waals surface area contributed by atoms with Gasteiger partial charge in [0.25, 0.3) is 0 Å². The predicted octanol–water partition coefficient (Wildman–Crippen LogP) is 5.67. The van der Waals surface area contributed by atoms with Gasteiger partial charge in [-0.3, -0.25) is 14.4 Å². The maximum Gasteiger partial charge on any atom is 0.432 e. The monoisotopic (exact) mass is 608 g/mol. The van der Waals surface area contributed by atoms with Crippen LogP contribution in [0.3, 0.4) is 0 Å². The van der Waals surface area contributed by atoms with Crippen LogP contribution in [0.15, 0.2) is 29.8 Å². The highest BCUT2D eigenvalue weighted by Gasteiger charge is 2.31. The molecule has 0 saturated carbocycles. The molecule has 0 amide bonds. The van der Waals surface area contributed by atoms with Crippen LogP contribution in [0.25, 0.3) is 6.08 Å². The minimum absolute atomic E-state index is 0.0829. The molecule has 1 aromatic carbocycles. The molecule has 0 spiro atoms. The quantitative estimate of drug-likeness (QED) is 0.0931. The lowest BCUT2D eigenvalue weighted by molar-refractivity contribution is -0.141. The number of carbonyl (C=O) groups is 4. The van der Waals surface area contributed by atoms with Gasteiger partial charge in [-0.15, -0.1) is 24.7 Å². The van der Waals surface area contributed by atoms with Crippen molar-refractivity contribution in [2.75, 3.05) is 20.4 Å². The van der Waals surface area contributed by atoms with Crippen molar-refractivity contribution in [3.05, 3.63) is 35.4 Å². The van der Waals surface area contributed by atoms with E-state index in [0.717, 1.165) is 13.3 Å². The minimum atomic E-state index is -4.24. The van der Waals surface area contributed by atoms with Gasteiger partial charge in [-0.1, -0.05) is 12.1 Å². The number of carbonyl (C=O) groups excluding carboxylic acids is 4. The SMILES string of the molecule is C#CCCCCC(=O)OP(C)(=O)OC(=O)CC(=Cc1ccc(OC)cc1)C(=O)OP(C)(=O)OC(=O)CCCCC#C. The molecule has 0 aliphatic heterocycles. The Balaban J connectivity index is 2.99. The molecule has 13 heteroatoms. The van der Waals surface area contributed by atoms with Crippen molar-refractivity contribution in [3.8, 4) is 30.4 Å². The highest BCUT2D eigenvalue weighted by Crippen LogP contribution is 2.47. The maximum absolute atomic E-state index is 12.9. The fourth-order valence-electron chi connectivity index (χ4n) is 3.16. The highest BCUT2D eigenvalue weighted by atomic mass is 31.2. The van der Waals surface area contributed by atoms with Crippen molar-refractivity contribution in [3.63, 3.8) is 0 Å². The Morgan fingerprint density at radius 3 is 1.68 bits per heavy atom. The van der Waals surface area contributed by atoms with Crippen LogP contribution in [0.2, 0.25) is 0 Å². The van der Waals surface area contributed by atoms with Gasteiger partial charge < -0.3 is 22.8 Å². The Morgan fingerprint density at radius 1 is 0.756 bits per heavy atom. The van der Waals surface area contributed by atoms with Crippen LogP contribution in [0, 0.1) is 24.7 Å². The molecular weight excluding hydrogens is 574 g/mol. The summed E-state index contributed by atoms with van der Waals surface area (Å²) in [6.45, 7) is 1.86. The van der Waals surface area contributed by atoms with E-state index < -0.39 is 45.5 Å². The normalized spacial score (nSPS) is 13.7. The van der Waals surface area contributed by atoms with Crippen LogP contribution < -0.4 is 4.74 Å². The van der Waals surface area contributed by atoms with Crippen LogP contribution in [-0.2, 0) is 46.4 Å². The molecule has 0 aromatic heterocycles. The highest BCUT2D eigenvalue weighted by molar-refractivity contribution is 7.54. The lowest BCUT2D eigenvalue weighted by atomic mass is 10.1. The first kappa shape index (κ1) is 35.2. The number of hydrogen-bond acceptors (Lipinski definition) is 11. The summed E-state index contributed by atoms with van der Waals surface area (Å²) >= 11 is 0. The lowest BCUT2D eigenvalue weighted by Gasteiger charge is -2.16. The molecule has 0 fully saturated rings. The lowest BCUT2D eigenvalue weighted by Crippen LogP contribution is -2.15. The van der Waals surface area contributed by atoms with Crippen molar-refractivity contribution in [1.29, 1.82) is 0 Å². The van der Waals surface area contributed by atoms with E-state index in [4.69, 9.17) is 35.7 Å². The van der Waals surface area contributed by atoms with E-state index in [-0.39, 0.29) is 18.4 Å². The van der Waals surface area contributed by atoms with E-state index in [2.05, 4.69) is 11.8 Å². The van der Waals surface area contributed by atoms with Gasteiger partial charge in [0.1, 0.15) is 5.75 Å². The van der Waals surface area contributed by atoms with Crippen molar-refractivity contribution in [2.45, 2.75) is 57.8 Å². The zero-order valence-corrected chi connectivity index (χ0v) is 25.1. The summed E-state index contributed by atoms with van der Waals surface area (Å²) < 4.78 is 49.9. The average molecular weight is 609 g/mol. The molecule has 11 nitrogen and oxygen atoms in total. The number of unbranched alkanes of at least 4 members (excludes halogenated alkanes) is 4. The second-order valence-electron chi connectivity index (χ2n) is 8.75. The topological polar surface area (TPSA) is 149 Å². The smallest absolute Gasteiger partial charge is 0.432 e. The van der Waals surface area contributed by atoms with Gasteiger partial charge in [0.15, 0.2) is 0 Å². The van der Waals surface area contributed by atoms with E-state index in [1.165, 1.54) is 13.2 Å². The van der Waals surface area contributed by atoms with Gasteiger partial charge in [0, 0.05) is 31.3 Å². The summed E-state index contributed by atoms with van der Waals surface area (Å²) in [4.78, 5) is 49.5. The first-order valence-corrected chi connectivity index (χ1v) is 16.6. The van der Waals surface area contributed by atoms with E-state index >= 15 is 0 Å². The van der Waals surface area contributed by atoms with Gasteiger partial charge in [0.2, 0.25) is 0 Å². The largest absolute Gasteiger partial charge is 0.497 e. The number of rotatable bonds is 17. The molecule has 0 bridgehead atoms. The van der Waals surface area contributed by atoms with Gasteiger partial charge in [-0.05, 0) is 49.5 Å². The molecule has 0 heterocycles. The van der Waals surface area contributed by atoms with Crippen LogP contribution in [0.5, 0.6) is 5.75 Å². The van der Waals surface area contributed by atoms with E-state index in [1.807, 2.05) is 0 Å². The molecule has 1 rings (SSSR count). The standard InChI is InChI=1S/C28H34O11P2/c1-6-8-10-12-14-25(29)36-40(4,33)38-27(31)21-23(20-22-16-18-24(35-3)19-17-22)28(32)39-41(5,34)37-26(30)15-13-11-9-7-2/h1-2,16-20H,8-15,21H2,3-5H3. The van der Waals surface area contributed by atoms with Crippen molar-refractivity contribution >= 4 is 45.1 Å². The number of hydrogen-bond donors (Lipinski definition) is 0. The Kier molecular flexibility index (Phi) is 15.3. The van der Waals surface area contributed by atoms with E-state index in [1.54, 1.807) is 24.3 Å². The molecule has 0 aliphatic carbocycles. The Hall–Kier alpha value is -3.78. The Bertz CT molecular complexity index is 1280. The minimum Gasteiger partial charge on any atom is -0.497 e. The van der Waals surface area contributed by atoms with Gasteiger partial charge in [-0.25, -0.2) is 13.9 Å². The van der Waals surface area contributed by atoms with Crippen molar-refractivity contribution in [2.24, 2.45) is 0 Å². The summed E-state index contributed by atoms with van der Waals surface area (Å²) in [5, 5.41) is 0. The molecule has 2 unspecified atom stereocenters. The summed E-state index contributed by atoms with van der Waals surface area (Å²) in [6.07, 6.45) is 13.4. The zero-order chi connectivity index (χ0) is 30.9. The molecule has 2 atom stereocenters. The number of terminal acetylenes is 2. The van der Waals surface area contributed by atoms with Gasteiger partial charge >= 0.3 is 39.1 Å². The van der Waals surface area contributed by atoms with E-state index in [9.17, 15) is 28.3 Å². The summed E-state index contributed by atoms with van der Waals surface area (Å²) in [5.41, 5.74) is 0.0491. The van der Waals surface area contributed by atoms with Crippen molar-refractivity contribution < 1.29 is 51.1 Å². The van der Waals surface area contributed by atoms with Crippen molar-refractivity contribution in [1.82, 2.24) is 0 Å². The molecule has 41 heavy (non-hydrogen) atoms. The van der Waals surface area contributed by atoms with Gasteiger partial charge in [-0.2, -0.15) is 0 Å². The number of methoxy groups -OCH3 is 1. The van der Waals surface area contributed by atoms with Crippen LogP contribution in [0.1, 0.15) is 63.4 Å². The third-order valence-corrected chi connectivity index (χ3v) is 7.11. The molecule has 1 aromatic rings. The first-order valence-electron chi connectivity index (χ1n) is 12.6. The first-order chi connectivity index (χ1) is 19.3. The molecule has 0 N–H and O–H groups in total. The second kappa shape index (κ2) is 17.8.